The zero-order chi connectivity index (χ0) is 17.6. The van der Waals surface area contributed by atoms with Crippen molar-refractivity contribution in [2.45, 2.75) is 30.9 Å². The van der Waals surface area contributed by atoms with Gasteiger partial charge in [0.05, 0.1) is 18.5 Å². The molecule has 1 amide bonds. The molecule has 1 unspecified atom stereocenters. The summed E-state index contributed by atoms with van der Waals surface area (Å²) in [6.07, 6.45) is 0. The molecule has 1 atom stereocenters. The van der Waals surface area contributed by atoms with E-state index in [4.69, 9.17) is 13.9 Å². The van der Waals surface area contributed by atoms with Gasteiger partial charge < -0.3 is 18.8 Å². The molecule has 1 aromatic carbocycles. The number of amides is 1. The largest absolute Gasteiger partial charge is 0.484 e. The number of ether oxygens (including phenoxy) is 2. The maximum atomic E-state index is 12.4. The Morgan fingerprint density at radius 3 is 2.72 bits per heavy atom. The summed E-state index contributed by atoms with van der Waals surface area (Å²) in [4.78, 5) is 14.2. The molecule has 134 valence electrons. The van der Waals surface area contributed by atoms with Crippen LogP contribution >= 0.6 is 11.8 Å². The van der Waals surface area contributed by atoms with E-state index in [0.717, 1.165) is 5.75 Å². The highest BCUT2D eigenvalue weighted by Gasteiger charge is 2.25. The van der Waals surface area contributed by atoms with Crippen LogP contribution in [-0.2, 0) is 16.1 Å². The number of rotatable bonds is 6. The molecule has 0 saturated carbocycles. The van der Waals surface area contributed by atoms with Crippen molar-refractivity contribution < 1.29 is 18.7 Å². The van der Waals surface area contributed by atoms with Crippen molar-refractivity contribution in [1.82, 2.24) is 15.1 Å². The molecule has 0 spiro atoms. The summed E-state index contributed by atoms with van der Waals surface area (Å²) < 4.78 is 16.4. The van der Waals surface area contributed by atoms with E-state index in [9.17, 15) is 4.79 Å². The van der Waals surface area contributed by atoms with Gasteiger partial charge in [-0.3, -0.25) is 4.79 Å². The van der Waals surface area contributed by atoms with Crippen LogP contribution in [0, 0.1) is 6.92 Å². The van der Waals surface area contributed by atoms with Gasteiger partial charge >= 0.3 is 0 Å². The van der Waals surface area contributed by atoms with Crippen LogP contribution in [0.25, 0.3) is 0 Å². The zero-order valence-electron chi connectivity index (χ0n) is 14.3. The van der Waals surface area contributed by atoms with Crippen molar-refractivity contribution in [1.29, 1.82) is 0 Å². The summed E-state index contributed by atoms with van der Waals surface area (Å²) in [6.45, 7) is 6.49. The second kappa shape index (κ2) is 8.35. The Morgan fingerprint density at radius 1 is 1.28 bits per heavy atom. The predicted octanol–water partition coefficient (Wildman–Crippen LogP) is 2.30. The van der Waals surface area contributed by atoms with E-state index < -0.39 is 0 Å². The normalized spacial score (nSPS) is 15.8. The monoisotopic (exact) mass is 363 g/mol. The molecule has 3 rings (SSSR count). The fraction of sp³-hybridized carbons (Fsp3) is 0.471. The number of carbonyl (C=O) groups excluding carboxylic acids is 1. The fourth-order valence-electron chi connectivity index (χ4n) is 2.37. The zero-order valence-corrected chi connectivity index (χ0v) is 15.1. The minimum Gasteiger partial charge on any atom is -0.484 e. The molecule has 0 radical (unpaired) electrons. The SMILES string of the molecule is Cc1ccc(OCc2nnc(SC(C)C(=O)N3CCOCC3)o2)cc1. The highest BCUT2D eigenvalue weighted by Crippen LogP contribution is 2.24. The quantitative estimate of drug-likeness (QED) is 0.729. The number of hydrogen-bond acceptors (Lipinski definition) is 7. The van der Waals surface area contributed by atoms with Gasteiger partial charge in [0.1, 0.15) is 5.75 Å². The lowest BCUT2D eigenvalue weighted by molar-refractivity contribution is -0.134. The maximum Gasteiger partial charge on any atom is 0.277 e. The van der Waals surface area contributed by atoms with Gasteiger partial charge in [0.25, 0.3) is 11.1 Å². The maximum absolute atomic E-state index is 12.4. The summed E-state index contributed by atoms with van der Waals surface area (Å²) in [7, 11) is 0. The van der Waals surface area contributed by atoms with Crippen LogP contribution in [0.3, 0.4) is 0 Å². The lowest BCUT2D eigenvalue weighted by atomic mass is 10.2. The average molecular weight is 363 g/mol. The second-order valence-corrected chi connectivity index (χ2v) is 7.05. The Hall–Kier alpha value is -2.06. The van der Waals surface area contributed by atoms with Gasteiger partial charge in [-0.1, -0.05) is 29.5 Å². The molecule has 0 bridgehead atoms. The first-order valence-electron chi connectivity index (χ1n) is 8.17. The number of aromatic nitrogens is 2. The van der Waals surface area contributed by atoms with Crippen molar-refractivity contribution in [3.8, 4) is 5.75 Å². The minimum atomic E-state index is -0.288. The summed E-state index contributed by atoms with van der Waals surface area (Å²) in [5, 5.41) is 8.03. The average Bonchev–Trinajstić information content (AvgIpc) is 3.08. The third-order valence-electron chi connectivity index (χ3n) is 3.78. The molecular weight excluding hydrogens is 342 g/mol. The summed E-state index contributed by atoms with van der Waals surface area (Å²) in [5.41, 5.74) is 1.17. The molecule has 1 saturated heterocycles. The standard InChI is InChI=1S/C17H21N3O4S/c1-12-3-5-14(6-4-12)23-11-15-18-19-17(24-15)25-13(2)16(21)20-7-9-22-10-8-20/h3-6,13H,7-11H2,1-2H3. The first-order valence-corrected chi connectivity index (χ1v) is 9.05. The first kappa shape index (κ1) is 17.8. The van der Waals surface area contributed by atoms with Crippen LogP contribution in [-0.4, -0.2) is 52.6 Å². The van der Waals surface area contributed by atoms with Crippen molar-refractivity contribution in [3.63, 3.8) is 0 Å². The van der Waals surface area contributed by atoms with Crippen LogP contribution in [0.1, 0.15) is 18.4 Å². The summed E-state index contributed by atoms with van der Waals surface area (Å²) in [5.74, 6) is 1.19. The number of morpholine rings is 1. The minimum absolute atomic E-state index is 0.0592. The third-order valence-corrected chi connectivity index (χ3v) is 4.70. The number of hydrogen-bond donors (Lipinski definition) is 0. The van der Waals surface area contributed by atoms with E-state index in [-0.39, 0.29) is 17.8 Å². The highest BCUT2D eigenvalue weighted by molar-refractivity contribution is 8.00. The molecule has 1 aliphatic rings. The Balaban J connectivity index is 1.50. The fourth-order valence-corrected chi connectivity index (χ4v) is 3.15. The molecule has 0 aliphatic carbocycles. The Morgan fingerprint density at radius 2 is 2.00 bits per heavy atom. The summed E-state index contributed by atoms with van der Waals surface area (Å²) in [6, 6.07) is 7.74. The number of aryl methyl sites for hydroxylation is 1. The van der Waals surface area contributed by atoms with Gasteiger partial charge in [-0.25, -0.2) is 0 Å². The Labute approximate surface area is 150 Å². The van der Waals surface area contributed by atoms with Crippen molar-refractivity contribution in [3.05, 3.63) is 35.7 Å². The van der Waals surface area contributed by atoms with E-state index in [0.29, 0.717) is 37.4 Å². The van der Waals surface area contributed by atoms with E-state index in [1.54, 1.807) is 4.90 Å². The van der Waals surface area contributed by atoms with Crippen molar-refractivity contribution >= 4 is 17.7 Å². The molecule has 1 aliphatic heterocycles. The van der Waals surface area contributed by atoms with Gasteiger partial charge in [0.2, 0.25) is 5.91 Å². The van der Waals surface area contributed by atoms with Gasteiger partial charge in [-0.2, -0.15) is 0 Å². The van der Waals surface area contributed by atoms with Gasteiger partial charge in [0, 0.05) is 13.1 Å². The molecule has 7 nitrogen and oxygen atoms in total. The topological polar surface area (TPSA) is 77.7 Å². The lowest BCUT2D eigenvalue weighted by Gasteiger charge is -2.28. The molecule has 2 heterocycles. The number of benzene rings is 1. The third kappa shape index (κ3) is 4.96. The molecule has 2 aromatic rings. The predicted molar refractivity (Wildman–Crippen MR) is 92.5 cm³/mol. The van der Waals surface area contributed by atoms with Crippen LogP contribution in [0.4, 0.5) is 0 Å². The van der Waals surface area contributed by atoms with Crippen LogP contribution < -0.4 is 4.74 Å². The Kier molecular flexibility index (Phi) is 5.93. The molecular formula is C17H21N3O4S. The highest BCUT2D eigenvalue weighted by atomic mass is 32.2. The van der Waals surface area contributed by atoms with Crippen LogP contribution in [0.15, 0.2) is 33.9 Å². The number of carbonyl (C=O) groups is 1. The summed E-state index contributed by atoms with van der Waals surface area (Å²) >= 11 is 1.26. The number of nitrogens with zero attached hydrogens (tertiary/aromatic N) is 3. The van der Waals surface area contributed by atoms with Gasteiger partial charge in [0.15, 0.2) is 6.61 Å². The first-order chi connectivity index (χ1) is 12.1. The van der Waals surface area contributed by atoms with E-state index >= 15 is 0 Å². The Bertz CT molecular complexity index is 698. The van der Waals surface area contributed by atoms with Crippen LogP contribution in [0.5, 0.6) is 5.75 Å². The van der Waals surface area contributed by atoms with E-state index in [2.05, 4.69) is 10.2 Å². The van der Waals surface area contributed by atoms with Crippen molar-refractivity contribution in [2.24, 2.45) is 0 Å². The lowest BCUT2D eigenvalue weighted by Crippen LogP contribution is -2.44. The smallest absolute Gasteiger partial charge is 0.277 e. The number of thioether (sulfide) groups is 1. The molecule has 25 heavy (non-hydrogen) atoms. The van der Waals surface area contributed by atoms with E-state index in [1.165, 1.54) is 17.3 Å². The van der Waals surface area contributed by atoms with Crippen molar-refractivity contribution in [2.75, 3.05) is 26.3 Å². The molecule has 1 aromatic heterocycles. The van der Waals surface area contributed by atoms with Gasteiger partial charge in [-0.05, 0) is 26.0 Å². The molecule has 1 fully saturated rings. The molecule has 0 N–H and O–H groups in total. The second-order valence-electron chi connectivity index (χ2n) is 5.76. The van der Waals surface area contributed by atoms with Gasteiger partial charge in [-0.15, -0.1) is 10.2 Å². The molecule has 8 heteroatoms. The van der Waals surface area contributed by atoms with E-state index in [1.807, 2.05) is 38.1 Å². The van der Waals surface area contributed by atoms with Crippen LogP contribution in [0.2, 0.25) is 0 Å².